The normalized spacial score (nSPS) is 11.1. The fraction of sp³-hybridized carbons (Fsp3) is 0.417. The summed E-state index contributed by atoms with van der Waals surface area (Å²) in [6, 6.07) is 3.42. The first-order valence-corrected chi connectivity index (χ1v) is 5.98. The van der Waals surface area contributed by atoms with Crippen LogP contribution in [0.5, 0.6) is 0 Å². The number of carbonyl (C=O) groups is 1. The first kappa shape index (κ1) is 14.2. The zero-order chi connectivity index (χ0) is 14.4. The van der Waals surface area contributed by atoms with E-state index >= 15 is 0 Å². The fourth-order valence-corrected chi connectivity index (χ4v) is 1.63. The van der Waals surface area contributed by atoms with Crippen LogP contribution in [-0.4, -0.2) is 53.0 Å². The van der Waals surface area contributed by atoms with Crippen molar-refractivity contribution in [1.29, 1.82) is 0 Å². The minimum Gasteiger partial charge on any atom is -0.480 e. The lowest BCUT2D eigenvalue weighted by molar-refractivity contribution is -0.138. The van der Waals surface area contributed by atoms with Gasteiger partial charge in [-0.2, -0.15) is 0 Å². The molecular weight excluding hydrogens is 266 g/mol. The maximum absolute atomic E-state index is 10.8. The Kier molecular flexibility index (Phi) is 4.85. The molecule has 0 amide bonds. The molecule has 0 saturated carbocycles. The second-order valence-electron chi connectivity index (χ2n) is 4.08. The van der Waals surface area contributed by atoms with Crippen molar-refractivity contribution in [3.05, 3.63) is 24.3 Å². The largest absolute Gasteiger partial charge is 0.480 e. The van der Waals surface area contributed by atoms with Crippen LogP contribution in [0.2, 0.25) is 0 Å². The molecule has 0 fully saturated rings. The Bertz CT molecular complexity index is 537. The van der Waals surface area contributed by atoms with E-state index in [2.05, 4.69) is 10.2 Å². The van der Waals surface area contributed by atoms with E-state index in [4.69, 9.17) is 18.7 Å². The number of hydrogen-bond acceptors (Lipinski definition) is 7. The van der Waals surface area contributed by atoms with E-state index in [1.807, 2.05) is 0 Å². The van der Waals surface area contributed by atoms with Gasteiger partial charge in [0.25, 0.3) is 5.89 Å². The molecular formula is C12H15N3O5. The number of furan rings is 1. The summed E-state index contributed by atoms with van der Waals surface area (Å²) in [4.78, 5) is 12.4. The molecule has 0 bridgehead atoms. The summed E-state index contributed by atoms with van der Waals surface area (Å²) < 4.78 is 15.5. The van der Waals surface area contributed by atoms with E-state index in [1.165, 1.54) is 6.26 Å². The molecule has 0 saturated heterocycles. The van der Waals surface area contributed by atoms with Gasteiger partial charge in [-0.3, -0.25) is 9.69 Å². The van der Waals surface area contributed by atoms with Crippen LogP contribution < -0.4 is 0 Å². The average Bonchev–Trinajstić information content (AvgIpc) is 3.05. The first-order chi connectivity index (χ1) is 9.69. The van der Waals surface area contributed by atoms with Gasteiger partial charge >= 0.3 is 5.97 Å². The minimum absolute atomic E-state index is 0.123. The van der Waals surface area contributed by atoms with Crippen molar-refractivity contribution in [2.75, 3.05) is 26.8 Å². The quantitative estimate of drug-likeness (QED) is 0.760. The van der Waals surface area contributed by atoms with Gasteiger partial charge in [-0.1, -0.05) is 0 Å². The Morgan fingerprint density at radius 2 is 2.35 bits per heavy atom. The lowest BCUT2D eigenvalue weighted by atomic mass is 10.4. The third-order valence-corrected chi connectivity index (χ3v) is 2.53. The first-order valence-electron chi connectivity index (χ1n) is 5.98. The van der Waals surface area contributed by atoms with Crippen molar-refractivity contribution in [2.45, 2.75) is 6.54 Å². The van der Waals surface area contributed by atoms with Crippen LogP contribution in [0.4, 0.5) is 0 Å². The maximum Gasteiger partial charge on any atom is 0.317 e. The molecule has 0 aliphatic rings. The number of rotatable bonds is 8. The lowest BCUT2D eigenvalue weighted by Gasteiger charge is -2.17. The zero-order valence-electron chi connectivity index (χ0n) is 11.0. The molecule has 2 rings (SSSR count). The monoisotopic (exact) mass is 281 g/mol. The fourth-order valence-electron chi connectivity index (χ4n) is 1.63. The van der Waals surface area contributed by atoms with E-state index in [-0.39, 0.29) is 19.0 Å². The van der Waals surface area contributed by atoms with E-state index in [9.17, 15) is 4.79 Å². The highest BCUT2D eigenvalue weighted by Gasteiger charge is 2.16. The molecule has 2 heterocycles. The number of hydrogen-bond donors (Lipinski definition) is 1. The number of carboxylic acid groups (broad SMARTS) is 1. The van der Waals surface area contributed by atoms with Crippen LogP contribution in [0.25, 0.3) is 11.7 Å². The summed E-state index contributed by atoms with van der Waals surface area (Å²) in [6.07, 6.45) is 1.51. The zero-order valence-corrected chi connectivity index (χ0v) is 11.0. The number of carboxylic acids is 1. The van der Waals surface area contributed by atoms with Crippen molar-refractivity contribution < 1.29 is 23.5 Å². The molecule has 108 valence electrons. The van der Waals surface area contributed by atoms with E-state index in [1.54, 1.807) is 24.1 Å². The smallest absolute Gasteiger partial charge is 0.317 e. The van der Waals surface area contributed by atoms with Crippen LogP contribution in [0.15, 0.2) is 27.2 Å². The van der Waals surface area contributed by atoms with Crippen LogP contribution in [-0.2, 0) is 16.1 Å². The van der Waals surface area contributed by atoms with Crippen molar-refractivity contribution in [3.8, 4) is 11.7 Å². The second kappa shape index (κ2) is 6.83. The minimum atomic E-state index is -0.924. The van der Waals surface area contributed by atoms with Gasteiger partial charge in [0.15, 0.2) is 5.76 Å². The Balaban J connectivity index is 2.00. The summed E-state index contributed by atoms with van der Waals surface area (Å²) in [5, 5.41) is 16.6. The van der Waals surface area contributed by atoms with Crippen LogP contribution in [0.1, 0.15) is 5.89 Å². The molecule has 8 nitrogen and oxygen atoms in total. The summed E-state index contributed by atoms with van der Waals surface area (Å²) in [5.41, 5.74) is 0. The lowest BCUT2D eigenvalue weighted by Crippen LogP contribution is -2.32. The standard InChI is InChI=1S/C12H15N3O5/c1-18-6-4-15(8-11(16)17)7-10-13-14-12(20-10)9-3-2-5-19-9/h2-3,5H,4,6-8H2,1H3,(H,16,17). The van der Waals surface area contributed by atoms with Gasteiger partial charge in [0.2, 0.25) is 5.89 Å². The molecule has 2 aromatic rings. The molecule has 0 aromatic carbocycles. The van der Waals surface area contributed by atoms with Gasteiger partial charge in [0.1, 0.15) is 0 Å². The predicted molar refractivity (Wildman–Crippen MR) is 66.8 cm³/mol. The Hall–Kier alpha value is -2.19. The summed E-state index contributed by atoms with van der Waals surface area (Å²) in [6.45, 7) is 0.999. The Morgan fingerprint density at radius 1 is 1.50 bits per heavy atom. The molecule has 0 spiro atoms. The molecule has 0 atom stereocenters. The average molecular weight is 281 g/mol. The molecule has 1 N–H and O–H groups in total. The summed E-state index contributed by atoms with van der Waals surface area (Å²) in [5.74, 6) is 0.151. The van der Waals surface area contributed by atoms with Gasteiger partial charge in [-0.25, -0.2) is 0 Å². The van der Waals surface area contributed by atoms with Crippen molar-refractivity contribution >= 4 is 5.97 Å². The number of ether oxygens (including phenoxy) is 1. The summed E-state index contributed by atoms with van der Waals surface area (Å²) in [7, 11) is 1.56. The van der Waals surface area contributed by atoms with Crippen LogP contribution in [0, 0.1) is 0 Å². The van der Waals surface area contributed by atoms with Gasteiger partial charge in [0.05, 0.1) is 26.0 Å². The molecule has 2 aromatic heterocycles. The van der Waals surface area contributed by atoms with Gasteiger partial charge in [0, 0.05) is 13.7 Å². The molecule has 0 aliphatic heterocycles. The van der Waals surface area contributed by atoms with Crippen molar-refractivity contribution in [1.82, 2.24) is 15.1 Å². The van der Waals surface area contributed by atoms with E-state index < -0.39 is 5.97 Å². The van der Waals surface area contributed by atoms with Crippen molar-refractivity contribution in [2.24, 2.45) is 0 Å². The third kappa shape index (κ3) is 3.90. The Morgan fingerprint density at radius 3 is 3.00 bits per heavy atom. The van der Waals surface area contributed by atoms with Gasteiger partial charge < -0.3 is 18.7 Å². The SMILES string of the molecule is COCCN(CC(=O)O)Cc1nnc(-c2ccco2)o1. The summed E-state index contributed by atoms with van der Waals surface area (Å²) >= 11 is 0. The third-order valence-electron chi connectivity index (χ3n) is 2.53. The van der Waals surface area contributed by atoms with Crippen molar-refractivity contribution in [3.63, 3.8) is 0 Å². The van der Waals surface area contributed by atoms with Crippen LogP contribution in [0.3, 0.4) is 0 Å². The maximum atomic E-state index is 10.8. The highest BCUT2D eigenvalue weighted by molar-refractivity contribution is 5.69. The van der Waals surface area contributed by atoms with Crippen LogP contribution >= 0.6 is 0 Å². The highest BCUT2D eigenvalue weighted by Crippen LogP contribution is 2.18. The molecule has 0 aliphatic carbocycles. The number of nitrogens with zero attached hydrogens (tertiary/aromatic N) is 3. The number of aliphatic carboxylic acids is 1. The number of methoxy groups -OCH3 is 1. The topological polar surface area (TPSA) is 102 Å². The highest BCUT2D eigenvalue weighted by atomic mass is 16.5. The molecule has 20 heavy (non-hydrogen) atoms. The van der Waals surface area contributed by atoms with E-state index in [0.717, 1.165) is 0 Å². The number of aromatic nitrogens is 2. The molecule has 8 heteroatoms. The molecule has 0 radical (unpaired) electrons. The Labute approximate surface area is 115 Å². The van der Waals surface area contributed by atoms with E-state index in [0.29, 0.717) is 24.8 Å². The second-order valence-corrected chi connectivity index (χ2v) is 4.08. The van der Waals surface area contributed by atoms with Gasteiger partial charge in [-0.05, 0) is 12.1 Å². The predicted octanol–water partition coefficient (Wildman–Crippen LogP) is 0.863. The molecule has 0 unspecified atom stereocenters. The van der Waals surface area contributed by atoms with Gasteiger partial charge in [-0.15, -0.1) is 10.2 Å².